The number of hydrogen-bond donors (Lipinski definition) is 1. The van der Waals surface area contributed by atoms with Crippen LogP contribution >= 0.6 is 0 Å². The fraction of sp³-hybridized carbons (Fsp3) is 0.292. The predicted molar refractivity (Wildman–Crippen MR) is 118 cm³/mol. The molecule has 3 aromatic heterocycles. The summed E-state index contributed by atoms with van der Waals surface area (Å²) in [6.07, 6.45) is 2.19. The second-order valence-corrected chi connectivity index (χ2v) is 9.53. The lowest BCUT2D eigenvalue weighted by Crippen LogP contribution is -2.39. The fourth-order valence-corrected chi connectivity index (χ4v) is 5.90. The molecule has 12 heteroatoms. The first kappa shape index (κ1) is 22.3. The Bertz CT molecular complexity index is 1550. The van der Waals surface area contributed by atoms with E-state index in [2.05, 4.69) is 30.3 Å². The maximum absolute atomic E-state index is 15.4. The third-order valence-electron chi connectivity index (χ3n) is 7.59. The number of fused-ring (bicyclic) bond motifs is 5. The van der Waals surface area contributed by atoms with Crippen molar-refractivity contribution in [2.75, 3.05) is 0 Å². The highest BCUT2D eigenvalue weighted by Gasteiger charge is 2.66. The van der Waals surface area contributed by atoms with Crippen molar-refractivity contribution in [2.24, 2.45) is 11.1 Å². The van der Waals surface area contributed by atoms with Crippen LogP contribution in [0, 0.1) is 22.9 Å². The Hall–Kier alpha value is -4.22. The summed E-state index contributed by atoms with van der Waals surface area (Å²) in [6.45, 7) is 3.96. The van der Waals surface area contributed by atoms with E-state index in [1.807, 2.05) is 13.8 Å². The third kappa shape index (κ3) is 2.80. The maximum Gasteiger partial charge on any atom is 0.296 e. The molecule has 0 spiro atoms. The molecule has 9 nitrogen and oxygen atoms in total. The van der Waals surface area contributed by atoms with E-state index in [0.717, 1.165) is 23.9 Å². The van der Waals surface area contributed by atoms with Crippen molar-refractivity contribution in [3.8, 4) is 23.0 Å². The van der Waals surface area contributed by atoms with Gasteiger partial charge >= 0.3 is 0 Å². The molecule has 2 atom stereocenters. The number of halogens is 3. The van der Waals surface area contributed by atoms with E-state index in [4.69, 9.17) is 10.3 Å². The Morgan fingerprint density at radius 3 is 2.53 bits per heavy atom. The van der Waals surface area contributed by atoms with Crippen LogP contribution in [-0.4, -0.2) is 36.2 Å². The van der Waals surface area contributed by atoms with Gasteiger partial charge in [-0.2, -0.15) is 10.1 Å². The molecule has 1 fully saturated rings. The van der Waals surface area contributed by atoms with Crippen molar-refractivity contribution < 1.29 is 22.5 Å². The molecule has 0 saturated heterocycles. The lowest BCUT2D eigenvalue weighted by molar-refractivity contribution is 0.0987. The lowest BCUT2D eigenvalue weighted by Gasteiger charge is -2.37. The molecular formula is C24H18F3N7O2. The second kappa shape index (κ2) is 7.39. The van der Waals surface area contributed by atoms with Crippen molar-refractivity contribution in [2.45, 2.75) is 38.0 Å². The smallest absolute Gasteiger partial charge is 0.296 e. The van der Waals surface area contributed by atoms with Crippen LogP contribution in [0.2, 0.25) is 0 Å². The van der Waals surface area contributed by atoms with Gasteiger partial charge in [-0.25, -0.2) is 23.1 Å². The van der Waals surface area contributed by atoms with E-state index in [-0.39, 0.29) is 40.4 Å². The SMILES string of the molecule is CC1(C)[C@H]2CC[C@@]1(c1nc(-c3nc(C(N)=O)no3)ncc1F)c1nnc(-c3c(F)cccc3F)cc12. The molecule has 2 bridgehead atoms. The van der Waals surface area contributed by atoms with Crippen molar-refractivity contribution in [3.63, 3.8) is 0 Å². The van der Waals surface area contributed by atoms with Crippen molar-refractivity contribution >= 4 is 5.91 Å². The first-order valence-corrected chi connectivity index (χ1v) is 11.1. The van der Waals surface area contributed by atoms with Crippen LogP contribution < -0.4 is 5.73 Å². The predicted octanol–water partition coefficient (Wildman–Crippen LogP) is 3.70. The number of amides is 1. The summed E-state index contributed by atoms with van der Waals surface area (Å²) in [5.74, 6) is -3.77. The number of carbonyl (C=O) groups excluding carboxylic acids is 1. The summed E-state index contributed by atoms with van der Waals surface area (Å²) in [5, 5.41) is 12.0. The highest BCUT2D eigenvalue weighted by Crippen LogP contribution is 2.69. The first-order valence-electron chi connectivity index (χ1n) is 11.1. The normalized spacial score (nSPS) is 21.5. The van der Waals surface area contributed by atoms with Crippen molar-refractivity contribution in [3.05, 3.63) is 70.7 Å². The minimum atomic E-state index is -0.999. The largest absolute Gasteiger partial charge is 0.363 e. The molecule has 6 rings (SSSR count). The fourth-order valence-electron chi connectivity index (χ4n) is 5.90. The van der Waals surface area contributed by atoms with E-state index < -0.39 is 34.2 Å². The van der Waals surface area contributed by atoms with Crippen LogP contribution in [0.3, 0.4) is 0 Å². The van der Waals surface area contributed by atoms with Crippen LogP contribution in [0.25, 0.3) is 23.0 Å². The van der Waals surface area contributed by atoms with Crippen molar-refractivity contribution in [1.29, 1.82) is 0 Å². The van der Waals surface area contributed by atoms with E-state index >= 15 is 4.39 Å². The van der Waals surface area contributed by atoms with Crippen LogP contribution in [-0.2, 0) is 5.41 Å². The van der Waals surface area contributed by atoms with Crippen LogP contribution in [0.4, 0.5) is 13.2 Å². The molecule has 182 valence electrons. The Labute approximate surface area is 202 Å². The van der Waals surface area contributed by atoms with Gasteiger partial charge in [0.1, 0.15) is 11.6 Å². The monoisotopic (exact) mass is 493 g/mol. The van der Waals surface area contributed by atoms with Crippen LogP contribution in [0.5, 0.6) is 0 Å². The lowest BCUT2D eigenvalue weighted by atomic mass is 9.66. The van der Waals surface area contributed by atoms with Gasteiger partial charge in [-0.15, -0.1) is 5.10 Å². The number of nitrogens with zero attached hydrogens (tertiary/aromatic N) is 6. The molecule has 1 saturated carbocycles. The van der Waals surface area contributed by atoms with E-state index in [1.165, 1.54) is 6.07 Å². The maximum atomic E-state index is 15.4. The van der Waals surface area contributed by atoms with Gasteiger partial charge in [0.05, 0.1) is 34.3 Å². The Kier molecular flexibility index (Phi) is 4.57. The highest BCUT2D eigenvalue weighted by molar-refractivity contribution is 5.88. The van der Waals surface area contributed by atoms with E-state index in [1.54, 1.807) is 6.07 Å². The molecular weight excluding hydrogens is 475 g/mol. The van der Waals surface area contributed by atoms with Crippen molar-refractivity contribution in [1.82, 2.24) is 30.3 Å². The van der Waals surface area contributed by atoms with Gasteiger partial charge in [-0.05, 0) is 47.9 Å². The molecule has 4 aromatic rings. The van der Waals surface area contributed by atoms with Gasteiger partial charge in [0.25, 0.3) is 17.6 Å². The minimum absolute atomic E-state index is 0.0662. The molecule has 36 heavy (non-hydrogen) atoms. The molecule has 2 aliphatic rings. The minimum Gasteiger partial charge on any atom is -0.363 e. The zero-order valence-electron chi connectivity index (χ0n) is 19.1. The third-order valence-corrected chi connectivity index (χ3v) is 7.59. The average Bonchev–Trinajstić information content (AvgIpc) is 3.48. The molecule has 0 aliphatic heterocycles. The molecule has 0 radical (unpaired) electrons. The Morgan fingerprint density at radius 1 is 1.08 bits per heavy atom. The standard InChI is InChI=1S/C24H18F3N7O2/c1-23(2)11-6-7-24(23,17-10(11)8-15(32-33-17)16-12(25)4-3-5-13(16)26)18-14(27)9-29-21(30-18)22-31-20(19(28)35)34-36-22/h3-5,8-9,11H,6-7H2,1-2H3,(H2,28,35)/t11-,24-/m0/s1. The second-order valence-electron chi connectivity index (χ2n) is 9.53. The molecule has 1 amide bonds. The quantitative estimate of drug-likeness (QED) is 0.455. The van der Waals surface area contributed by atoms with Gasteiger partial charge < -0.3 is 10.3 Å². The molecule has 3 heterocycles. The first-order chi connectivity index (χ1) is 17.1. The number of primary amides is 1. The summed E-state index contributed by atoms with van der Waals surface area (Å²) in [5.41, 5.74) is 4.72. The Morgan fingerprint density at radius 2 is 1.83 bits per heavy atom. The summed E-state index contributed by atoms with van der Waals surface area (Å²) >= 11 is 0. The summed E-state index contributed by atoms with van der Waals surface area (Å²) in [4.78, 5) is 23.6. The van der Waals surface area contributed by atoms with E-state index in [9.17, 15) is 13.6 Å². The van der Waals surface area contributed by atoms with Gasteiger partial charge in [-0.3, -0.25) is 4.79 Å². The number of carbonyl (C=O) groups is 1. The topological polar surface area (TPSA) is 134 Å². The molecule has 2 N–H and O–H groups in total. The number of nitrogens with two attached hydrogens (primary N) is 1. The molecule has 0 unspecified atom stereocenters. The van der Waals surface area contributed by atoms with Gasteiger partial charge in [-0.1, -0.05) is 25.1 Å². The van der Waals surface area contributed by atoms with Gasteiger partial charge in [0, 0.05) is 0 Å². The number of hydrogen-bond acceptors (Lipinski definition) is 8. The summed E-state index contributed by atoms with van der Waals surface area (Å²) in [7, 11) is 0. The average molecular weight is 493 g/mol. The van der Waals surface area contributed by atoms with E-state index in [0.29, 0.717) is 18.5 Å². The zero-order valence-corrected chi connectivity index (χ0v) is 19.1. The van der Waals surface area contributed by atoms with Gasteiger partial charge in [0.15, 0.2) is 5.82 Å². The number of rotatable bonds is 4. The Balaban J connectivity index is 1.53. The molecule has 1 aromatic carbocycles. The zero-order chi connectivity index (χ0) is 25.4. The molecule has 2 aliphatic carbocycles. The summed E-state index contributed by atoms with van der Waals surface area (Å²) < 4.78 is 49.4. The number of benzene rings is 1. The van der Waals surface area contributed by atoms with Crippen LogP contribution in [0.1, 0.15) is 60.2 Å². The van der Waals surface area contributed by atoms with Crippen LogP contribution in [0.15, 0.2) is 35.0 Å². The highest BCUT2D eigenvalue weighted by atomic mass is 19.1. The summed E-state index contributed by atoms with van der Waals surface area (Å²) in [6, 6.07) is 5.22. The number of aromatic nitrogens is 6. The van der Waals surface area contributed by atoms with Gasteiger partial charge in [0.2, 0.25) is 5.82 Å².